The summed E-state index contributed by atoms with van der Waals surface area (Å²) in [5.74, 6) is 0. The highest BCUT2D eigenvalue weighted by Crippen LogP contribution is 2.16. The lowest BCUT2D eigenvalue weighted by atomic mass is 9.34. The first-order valence-corrected chi connectivity index (χ1v) is 22.9. The predicted octanol–water partition coefficient (Wildman–Crippen LogP) is 6.97. The van der Waals surface area contributed by atoms with Gasteiger partial charge in [-0.25, -0.2) is 15.0 Å². The smallest absolute Gasteiger partial charge is 0.238 e. The summed E-state index contributed by atoms with van der Waals surface area (Å²) >= 11 is 0. The average molecular weight is 826 g/mol. The molecule has 1 heterocycles. The molecular weight excluding hydrogens is 759 g/mol. The quantitative estimate of drug-likeness (QED) is 0.148. The van der Waals surface area contributed by atoms with Gasteiger partial charge in [0.25, 0.3) is 20.1 Å². The normalized spacial score (nSPS) is 11.3. The molecule has 0 bridgehead atoms. The van der Waals surface area contributed by atoms with Crippen LogP contribution in [0.1, 0.15) is 100 Å². The Kier molecular flexibility index (Phi) is 12.7. The fourth-order valence-electron chi connectivity index (χ4n) is 11.9. The lowest BCUT2D eigenvalue weighted by Gasteiger charge is -2.28. The van der Waals surface area contributed by atoms with Crippen LogP contribution in [-0.2, 0) is 0 Å². The van der Waals surface area contributed by atoms with Gasteiger partial charge in [-0.15, -0.1) is 0 Å². The second kappa shape index (κ2) is 17.6. The van der Waals surface area contributed by atoms with Crippen LogP contribution in [0.4, 0.5) is 0 Å². The SMILES string of the molecule is Cc1cc(C)c(B(c2nc(B(c3c(C)cc(C)cc3C)c3c(C)cc(C)cc3C)nc(B(c3c(C)cc(C)cc3C)c3c(C)cc(C)cc3C)n2)c2c(C)cc(C)cc2C)c(C)c1. The van der Waals surface area contributed by atoms with E-state index >= 15 is 0 Å². The van der Waals surface area contributed by atoms with Gasteiger partial charge in [-0.3, -0.25) is 0 Å². The number of nitrogens with zero attached hydrogens (tertiary/aromatic N) is 3. The Bertz CT molecular complexity index is 2320. The number of benzene rings is 6. The van der Waals surface area contributed by atoms with Crippen molar-refractivity contribution in [2.75, 3.05) is 0 Å². The van der Waals surface area contributed by atoms with Crippen LogP contribution in [0, 0.1) is 125 Å². The van der Waals surface area contributed by atoms with Crippen LogP contribution >= 0.6 is 0 Å². The highest BCUT2D eigenvalue weighted by Gasteiger charge is 2.39. The fraction of sp³-hybridized carbons (Fsp3) is 0.316. The lowest BCUT2D eigenvalue weighted by Crippen LogP contribution is -2.68. The van der Waals surface area contributed by atoms with Crippen molar-refractivity contribution < 1.29 is 0 Å². The third kappa shape index (κ3) is 8.76. The standard InChI is InChI=1S/C57H66B3N3/c1-31-19-37(7)49(38(8)20-31)58(50-39(9)21-32(2)22-40(50)10)55-61-56(59(51-41(11)23-33(3)24-42(51)12)52-43(13)25-34(4)26-44(52)14)63-57(62-55)60(53-45(15)27-35(5)28-46(53)16)54-47(17)29-36(6)30-48(54)18/h19-30H,1-18H3. The molecule has 7 aromatic rings. The molecule has 0 aliphatic carbocycles. The molecule has 63 heavy (non-hydrogen) atoms. The third-order valence-electron chi connectivity index (χ3n) is 13.6. The summed E-state index contributed by atoms with van der Waals surface area (Å²) in [5.41, 5.74) is 32.5. The largest absolute Gasteiger partial charge is 0.291 e. The van der Waals surface area contributed by atoms with E-state index in [2.05, 4.69) is 197 Å². The van der Waals surface area contributed by atoms with Gasteiger partial charge in [0.15, 0.2) is 0 Å². The molecule has 318 valence electrons. The highest BCUT2D eigenvalue weighted by molar-refractivity contribution is 6.99. The minimum Gasteiger partial charge on any atom is -0.238 e. The molecule has 3 nitrogen and oxygen atoms in total. The maximum atomic E-state index is 5.92. The number of aromatic nitrogens is 3. The first kappa shape index (κ1) is 45.5. The van der Waals surface area contributed by atoms with Crippen LogP contribution < -0.4 is 49.9 Å². The number of rotatable bonds is 9. The van der Waals surface area contributed by atoms with Crippen LogP contribution in [-0.4, -0.2) is 35.1 Å². The summed E-state index contributed by atoms with van der Waals surface area (Å²) in [6.07, 6.45) is 0. The zero-order chi connectivity index (χ0) is 45.9. The molecule has 6 heteroatoms. The predicted molar refractivity (Wildman–Crippen MR) is 278 cm³/mol. The van der Waals surface area contributed by atoms with Crippen molar-refractivity contribution in [2.45, 2.75) is 125 Å². The average Bonchev–Trinajstić information content (AvgIpc) is 3.13. The van der Waals surface area contributed by atoms with Gasteiger partial charge in [-0.05, 0) is 125 Å². The van der Waals surface area contributed by atoms with E-state index in [1.165, 1.54) is 133 Å². The Labute approximate surface area is 380 Å². The van der Waals surface area contributed by atoms with E-state index in [9.17, 15) is 0 Å². The van der Waals surface area contributed by atoms with E-state index in [0.717, 1.165) is 17.2 Å². The van der Waals surface area contributed by atoms with Crippen molar-refractivity contribution in [2.24, 2.45) is 0 Å². The van der Waals surface area contributed by atoms with Gasteiger partial charge in [0.05, 0.1) is 0 Å². The minimum absolute atomic E-state index is 0.242. The van der Waals surface area contributed by atoms with Gasteiger partial charge < -0.3 is 0 Å². The van der Waals surface area contributed by atoms with Gasteiger partial charge in [-0.2, -0.15) is 0 Å². The Morgan fingerprint density at radius 2 is 0.317 bits per heavy atom. The minimum atomic E-state index is -0.242. The molecule has 0 atom stereocenters. The molecule has 0 aliphatic heterocycles. The van der Waals surface area contributed by atoms with E-state index in [0.29, 0.717) is 0 Å². The number of hydrogen-bond donors (Lipinski definition) is 0. The van der Waals surface area contributed by atoms with E-state index in [-0.39, 0.29) is 20.1 Å². The summed E-state index contributed by atoms with van der Waals surface area (Å²) in [6.45, 7) is 39.7. The lowest BCUT2D eigenvalue weighted by molar-refractivity contribution is 1.17. The topological polar surface area (TPSA) is 38.7 Å². The van der Waals surface area contributed by atoms with Gasteiger partial charge in [0.1, 0.15) is 17.2 Å². The van der Waals surface area contributed by atoms with Crippen LogP contribution in [0.15, 0.2) is 72.8 Å². The second-order valence-electron chi connectivity index (χ2n) is 19.6. The molecule has 7 rings (SSSR count). The molecule has 0 spiro atoms. The molecule has 1 aromatic heterocycles. The summed E-state index contributed by atoms with van der Waals surface area (Å²) in [4.78, 5) is 17.8. The zero-order valence-electron chi connectivity index (χ0n) is 41.5. The Hall–Kier alpha value is -5.48. The molecular formula is C57H66B3N3. The van der Waals surface area contributed by atoms with Gasteiger partial charge >= 0.3 is 0 Å². The van der Waals surface area contributed by atoms with Gasteiger partial charge in [0.2, 0.25) is 0 Å². The van der Waals surface area contributed by atoms with Crippen molar-refractivity contribution in [3.8, 4) is 0 Å². The van der Waals surface area contributed by atoms with Crippen LogP contribution in [0.25, 0.3) is 0 Å². The Morgan fingerprint density at radius 3 is 0.429 bits per heavy atom. The number of hydrogen-bond acceptors (Lipinski definition) is 3. The highest BCUT2D eigenvalue weighted by atomic mass is 15.0. The molecule has 0 N–H and O–H groups in total. The van der Waals surface area contributed by atoms with E-state index in [1.54, 1.807) is 0 Å². The monoisotopic (exact) mass is 826 g/mol. The maximum absolute atomic E-state index is 5.92. The molecule has 0 unspecified atom stereocenters. The molecule has 0 saturated heterocycles. The van der Waals surface area contributed by atoms with E-state index in [1.807, 2.05) is 0 Å². The first-order valence-electron chi connectivity index (χ1n) is 22.9. The van der Waals surface area contributed by atoms with Crippen molar-refractivity contribution in [3.63, 3.8) is 0 Å². The van der Waals surface area contributed by atoms with Crippen LogP contribution in [0.3, 0.4) is 0 Å². The fourth-order valence-corrected chi connectivity index (χ4v) is 11.9. The van der Waals surface area contributed by atoms with Gasteiger partial charge in [0, 0.05) is 0 Å². The summed E-state index contributed by atoms with van der Waals surface area (Å²) in [6, 6.07) is 28.0. The summed E-state index contributed by atoms with van der Waals surface area (Å²) in [7, 11) is 0. The van der Waals surface area contributed by atoms with Crippen molar-refractivity contribution in [1.82, 2.24) is 15.0 Å². The first-order chi connectivity index (χ1) is 29.6. The van der Waals surface area contributed by atoms with Crippen LogP contribution in [0.5, 0.6) is 0 Å². The van der Waals surface area contributed by atoms with E-state index < -0.39 is 0 Å². The Balaban J connectivity index is 1.74. The van der Waals surface area contributed by atoms with Crippen LogP contribution in [0.2, 0.25) is 0 Å². The van der Waals surface area contributed by atoms with E-state index in [4.69, 9.17) is 15.0 Å². The number of aryl methyl sites for hydroxylation is 18. The maximum Gasteiger partial charge on any atom is 0.291 e. The molecule has 0 radical (unpaired) electrons. The molecule has 0 amide bonds. The molecule has 0 saturated carbocycles. The summed E-state index contributed by atoms with van der Waals surface area (Å²) in [5, 5.41) is 0. The second-order valence-corrected chi connectivity index (χ2v) is 19.6. The molecule has 0 fully saturated rings. The van der Waals surface area contributed by atoms with Crippen molar-refractivity contribution in [1.29, 1.82) is 0 Å². The van der Waals surface area contributed by atoms with Crippen molar-refractivity contribution >= 4 is 70.1 Å². The third-order valence-corrected chi connectivity index (χ3v) is 13.6. The van der Waals surface area contributed by atoms with Gasteiger partial charge in [-0.1, -0.05) is 206 Å². The Morgan fingerprint density at radius 1 is 0.206 bits per heavy atom. The zero-order valence-corrected chi connectivity index (χ0v) is 41.5. The summed E-state index contributed by atoms with van der Waals surface area (Å²) < 4.78 is 0. The molecule has 6 aromatic carbocycles. The van der Waals surface area contributed by atoms with Crippen molar-refractivity contribution in [3.05, 3.63) is 173 Å². The molecule has 0 aliphatic rings.